The summed E-state index contributed by atoms with van der Waals surface area (Å²) >= 11 is 1.87. The summed E-state index contributed by atoms with van der Waals surface area (Å²) < 4.78 is 2.12. The standard InChI is InChI=1S/C16H18N2O3S/c19-8-11-3-12(9-20)5-14(4-11)17-16(21)13-6-15-10-22-2-1-18(15)7-13/h3-7,19-20H,1-2,8-10H2,(H,17,21). The van der Waals surface area contributed by atoms with Gasteiger partial charge in [-0.2, -0.15) is 11.8 Å². The number of carbonyl (C=O) groups is 1. The number of thioether (sulfide) groups is 1. The first-order chi connectivity index (χ1) is 10.7. The van der Waals surface area contributed by atoms with Crippen LogP contribution in [0.2, 0.25) is 0 Å². The van der Waals surface area contributed by atoms with E-state index in [1.54, 1.807) is 18.2 Å². The number of hydrogen-bond donors (Lipinski definition) is 3. The van der Waals surface area contributed by atoms with E-state index in [-0.39, 0.29) is 19.1 Å². The minimum atomic E-state index is -0.175. The number of nitrogens with zero attached hydrogens (tertiary/aromatic N) is 1. The lowest BCUT2D eigenvalue weighted by Gasteiger charge is -2.13. The Kier molecular flexibility index (Phi) is 4.52. The molecule has 0 aliphatic carbocycles. The molecule has 22 heavy (non-hydrogen) atoms. The van der Waals surface area contributed by atoms with Crippen LogP contribution in [0.1, 0.15) is 27.2 Å². The second kappa shape index (κ2) is 6.56. The molecule has 0 radical (unpaired) electrons. The summed E-state index contributed by atoms with van der Waals surface area (Å²) in [5.74, 6) is 1.83. The molecule has 0 bridgehead atoms. The van der Waals surface area contributed by atoms with Crippen LogP contribution in [-0.4, -0.2) is 26.4 Å². The van der Waals surface area contributed by atoms with E-state index in [2.05, 4.69) is 9.88 Å². The molecule has 1 aromatic heterocycles. The summed E-state index contributed by atoms with van der Waals surface area (Å²) in [5, 5.41) is 21.3. The molecule has 116 valence electrons. The van der Waals surface area contributed by atoms with Gasteiger partial charge in [0.2, 0.25) is 0 Å². The average molecular weight is 318 g/mol. The molecule has 2 aromatic rings. The lowest BCUT2D eigenvalue weighted by molar-refractivity contribution is 0.102. The van der Waals surface area contributed by atoms with Crippen molar-refractivity contribution in [1.82, 2.24) is 4.57 Å². The van der Waals surface area contributed by atoms with Crippen LogP contribution in [0.25, 0.3) is 0 Å². The summed E-state index contributed by atoms with van der Waals surface area (Å²) in [7, 11) is 0. The zero-order chi connectivity index (χ0) is 15.5. The molecule has 0 atom stereocenters. The Morgan fingerprint density at radius 1 is 1.18 bits per heavy atom. The minimum Gasteiger partial charge on any atom is -0.392 e. The van der Waals surface area contributed by atoms with Gasteiger partial charge in [-0.05, 0) is 29.3 Å². The normalized spacial score (nSPS) is 13.7. The molecule has 0 saturated carbocycles. The molecule has 5 nitrogen and oxygen atoms in total. The summed E-state index contributed by atoms with van der Waals surface area (Å²) in [5.41, 5.74) is 3.71. The van der Waals surface area contributed by atoms with Gasteiger partial charge in [-0.1, -0.05) is 6.07 Å². The molecule has 6 heteroatoms. The number of aliphatic hydroxyl groups is 2. The predicted octanol–water partition coefficient (Wildman–Crippen LogP) is 1.97. The van der Waals surface area contributed by atoms with Crippen LogP contribution in [0, 0.1) is 0 Å². The second-order valence-electron chi connectivity index (χ2n) is 5.27. The third kappa shape index (κ3) is 3.19. The van der Waals surface area contributed by atoms with Crippen molar-refractivity contribution in [3.63, 3.8) is 0 Å². The maximum absolute atomic E-state index is 12.4. The Bertz CT molecular complexity index is 651. The van der Waals surface area contributed by atoms with E-state index in [0.29, 0.717) is 22.4 Å². The maximum atomic E-state index is 12.4. The van der Waals surface area contributed by atoms with Crippen molar-refractivity contribution < 1.29 is 15.0 Å². The van der Waals surface area contributed by atoms with Crippen LogP contribution in [0.4, 0.5) is 5.69 Å². The number of amides is 1. The van der Waals surface area contributed by atoms with Gasteiger partial charge in [0.25, 0.3) is 5.91 Å². The van der Waals surface area contributed by atoms with Crippen LogP contribution in [0.3, 0.4) is 0 Å². The molecule has 1 amide bonds. The van der Waals surface area contributed by atoms with E-state index in [1.165, 1.54) is 5.69 Å². The van der Waals surface area contributed by atoms with Crippen molar-refractivity contribution >= 4 is 23.4 Å². The molecular formula is C16H18N2O3S. The second-order valence-corrected chi connectivity index (χ2v) is 6.38. The average Bonchev–Trinajstić information content (AvgIpc) is 2.98. The highest BCUT2D eigenvalue weighted by atomic mass is 32.2. The highest BCUT2D eigenvalue weighted by molar-refractivity contribution is 7.98. The fraction of sp³-hybridized carbons (Fsp3) is 0.312. The van der Waals surface area contributed by atoms with Crippen LogP contribution in [0.15, 0.2) is 30.5 Å². The van der Waals surface area contributed by atoms with Gasteiger partial charge in [0, 0.05) is 35.6 Å². The first-order valence-corrected chi connectivity index (χ1v) is 8.28. The minimum absolute atomic E-state index is 0.130. The Morgan fingerprint density at radius 3 is 2.55 bits per heavy atom. The van der Waals surface area contributed by atoms with E-state index in [1.807, 2.05) is 24.0 Å². The maximum Gasteiger partial charge on any atom is 0.257 e. The van der Waals surface area contributed by atoms with Gasteiger partial charge in [0.05, 0.1) is 18.8 Å². The van der Waals surface area contributed by atoms with Gasteiger partial charge in [0.1, 0.15) is 0 Å². The first kappa shape index (κ1) is 15.1. The van der Waals surface area contributed by atoms with Gasteiger partial charge in [0.15, 0.2) is 0 Å². The number of hydrogen-bond acceptors (Lipinski definition) is 4. The van der Waals surface area contributed by atoms with E-state index < -0.39 is 0 Å². The van der Waals surface area contributed by atoms with Crippen LogP contribution >= 0.6 is 11.8 Å². The van der Waals surface area contributed by atoms with E-state index in [9.17, 15) is 15.0 Å². The number of carbonyl (C=O) groups excluding carboxylic acids is 1. The van der Waals surface area contributed by atoms with Crippen molar-refractivity contribution in [2.75, 3.05) is 11.1 Å². The number of fused-ring (bicyclic) bond motifs is 1. The summed E-state index contributed by atoms with van der Waals surface area (Å²) in [6, 6.07) is 7.06. The molecule has 1 aliphatic rings. The smallest absolute Gasteiger partial charge is 0.257 e. The van der Waals surface area contributed by atoms with E-state index in [4.69, 9.17) is 0 Å². The van der Waals surface area contributed by atoms with Crippen molar-refractivity contribution in [2.24, 2.45) is 0 Å². The highest BCUT2D eigenvalue weighted by Gasteiger charge is 2.15. The Balaban J connectivity index is 1.80. The quantitative estimate of drug-likeness (QED) is 0.806. The summed E-state index contributed by atoms with van der Waals surface area (Å²) in [6.07, 6.45) is 1.88. The highest BCUT2D eigenvalue weighted by Crippen LogP contribution is 2.23. The van der Waals surface area contributed by atoms with E-state index >= 15 is 0 Å². The third-order valence-electron chi connectivity index (χ3n) is 3.65. The van der Waals surface area contributed by atoms with Crippen molar-refractivity contribution in [1.29, 1.82) is 0 Å². The van der Waals surface area contributed by atoms with Crippen molar-refractivity contribution in [3.8, 4) is 0 Å². The number of anilines is 1. The lowest BCUT2D eigenvalue weighted by atomic mass is 10.1. The Morgan fingerprint density at radius 2 is 1.91 bits per heavy atom. The van der Waals surface area contributed by atoms with Crippen LogP contribution in [-0.2, 0) is 25.5 Å². The topological polar surface area (TPSA) is 74.5 Å². The van der Waals surface area contributed by atoms with Gasteiger partial charge in [-0.15, -0.1) is 0 Å². The summed E-state index contributed by atoms with van der Waals surface area (Å²) in [6.45, 7) is 0.671. The molecular weight excluding hydrogens is 300 g/mol. The molecule has 0 unspecified atom stereocenters. The van der Waals surface area contributed by atoms with Crippen molar-refractivity contribution in [2.45, 2.75) is 25.5 Å². The van der Waals surface area contributed by atoms with Gasteiger partial charge in [-0.25, -0.2) is 0 Å². The molecule has 0 saturated heterocycles. The molecule has 3 rings (SSSR count). The third-order valence-corrected chi connectivity index (χ3v) is 4.62. The van der Waals surface area contributed by atoms with Crippen LogP contribution < -0.4 is 5.32 Å². The number of aromatic nitrogens is 1. The fourth-order valence-corrected chi connectivity index (χ4v) is 3.50. The zero-order valence-corrected chi connectivity index (χ0v) is 12.9. The molecule has 0 spiro atoms. The monoisotopic (exact) mass is 318 g/mol. The number of benzene rings is 1. The first-order valence-electron chi connectivity index (χ1n) is 7.12. The van der Waals surface area contributed by atoms with Gasteiger partial charge < -0.3 is 20.1 Å². The molecule has 2 heterocycles. The van der Waals surface area contributed by atoms with E-state index in [0.717, 1.165) is 18.1 Å². The Hall–Kier alpha value is -1.76. The van der Waals surface area contributed by atoms with Crippen LogP contribution in [0.5, 0.6) is 0 Å². The largest absolute Gasteiger partial charge is 0.392 e. The SMILES string of the molecule is O=C(Nc1cc(CO)cc(CO)c1)c1cc2n(c1)CCSC2. The van der Waals surface area contributed by atoms with Gasteiger partial charge >= 0.3 is 0 Å². The predicted molar refractivity (Wildman–Crippen MR) is 86.8 cm³/mol. The zero-order valence-electron chi connectivity index (χ0n) is 12.1. The molecule has 0 fully saturated rings. The van der Waals surface area contributed by atoms with Gasteiger partial charge in [-0.3, -0.25) is 4.79 Å². The number of aliphatic hydroxyl groups excluding tert-OH is 2. The molecule has 1 aromatic carbocycles. The molecule has 1 aliphatic heterocycles. The Labute approximate surface area is 133 Å². The number of nitrogens with one attached hydrogen (secondary N) is 1. The van der Waals surface area contributed by atoms with Crippen molar-refractivity contribution in [3.05, 3.63) is 52.8 Å². The lowest BCUT2D eigenvalue weighted by Crippen LogP contribution is -2.12. The molecule has 3 N–H and O–H groups in total. The summed E-state index contributed by atoms with van der Waals surface area (Å²) in [4.78, 5) is 12.4. The number of aryl methyl sites for hydroxylation is 1. The number of rotatable bonds is 4. The fourth-order valence-electron chi connectivity index (χ4n) is 2.57.